The van der Waals surface area contributed by atoms with Crippen LogP contribution in [0.1, 0.15) is 5.69 Å². The lowest BCUT2D eigenvalue weighted by molar-refractivity contribution is 0.121. The molecule has 2 aromatic rings. The van der Waals surface area contributed by atoms with Gasteiger partial charge in [-0.1, -0.05) is 6.07 Å². The van der Waals surface area contributed by atoms with E-state index in [9.17, 15) is 0 Å². The zero-order chi connectivity index (χ0) is 11.4. The Bertz CT molecular complexity index is 471. The van der Waals surface area contributed by atoms with Gasteiger partial charge in [-0.15, -0.1) is 0 Å². The standard InChI is InChI=1S/C10H11N5O/c11-10-5-13-9(4-14-10)8-3-1-2-7(15-8)6-16-12/h1-5H,6,12H2,(H2,11,14). The second-order valence-corrected chi connectivity index (χ2v) is 3.15. The van der Waals surface area contributed by atoms with Crippen molar-refractivity contribution in [1.82, 2.24) is 15.0 Å². The molecule has 0 spiro atoms. The van der Waals surface area contributed by atoms with Crippen LogP contribution in [0.25, 0.3) is 11.4 Å². The number of rotatable bonds is 3. The minimum atomic E-state index is 0.260. The number of nitrogens with two attached hydrogens (primary N) is 2. The molecule has 0 saturated carbocycles. The van der Waals surface area contributed by atoms with Crippen LogP contribution in [0.2, 0.25) is 0 Å². The molecular formula is C10H11N5O. The smallest absolute Gasteiger partial charge is 0.141 e. The highest BCUT2D eigenvalue weighted by atomic mass is 16.6. The molecule has 4 N–H and O–H groups in total. The largest absolute Gasteiger partial charge is 0.382 e. The van der Waals surface area contributed by atoms with E-state index in [2.05, 4.69) is 19.8 Å². The van der Waals surface area contributed by atoms with E-state index in [1.54, 1.807) is 6.20 Å². The summed E-state index contributed by atoms with van der Waals surface area (Å²) in [7, 11) is 0. The van der Waals surface area contributed by atoms with E-state index in [0.29, 0.717) is 17.2 Å². The predicted molar refractivity (Wildman–Crippen MR) is 58.7 cm³/mol. The molecule has 82 valence electrons. The van der Waals surface area contributed by atoms with Crippen LogP contribution in [0.5, 0.6) is 0 Å². The van der Waals surface area contributed by atoms with Gasteiger partial charge in [0.1, 0.15) is 18.1 Å². The highest BCUT2D eigenvalue weighted by Crippen LogP contribution is 2.13. The molecule has 0 radical (unpaired) electrons. The Balaban J connectivity index is 2.32. The van der Waals surface area contributed by atoms with Crippen LogP contribution in [-0.2, 0) is 11.4 Å². The zero-order valence-corrected chi connectivity index (χ0v) is 8.50. The highest BCUT2D eigenvalue weighted by molar-refractivity contribution is 5.53. The van der Waals surface area contributed by atoms with Gasteiger partial charge >= 0.3 is 0 Å². The number of pyridine rings is 1. The molecule has 6 heteroatoms. The predicted octanol–water partition coefficient (Wildman–Crippen LogP) is 0.511. The average molecular weight is 217 g/mol. The van der Waals surface area contributed by atoms with Gasteiger partial charge in [0, 0.05) is 0 Å². The Morgan fingerprint density at radius 2 is 2.00 bits per heavy atom. The van der Waals surface area contributed by atoms with Crippen molar-refractivity contribution in [3.63, 3.8) is 0 Å². The van der Waals surface area contributed by atoms with Gasteiger partial charge in [-0.2, -0.15) is 0 Å². The lowest BCUT2D eigenvalue weighted by Gasteiger charge is -2.02. The Kier molecular flexibility index (Phi) is 3.04. The molecule has 0 saturated heterocycles. The molecule has 2 heterocycles. The van der Waals surface area contributed by atoms with Gasteiger partial charge in [0.15, 0.2) is 0 Å². The molecule has 0 amide bonds. The SMILES string of the molecule is NOCc1cccc(-c2cnc(N)cn2)n1. The molecule has 0 aliphatic heterocycles. The molecular weight excluding hydrogens is 206 g/mol. The van der Waals surface area contributed by atoms with E-state index in [1.807, 2.05) is 18.2 Å². The first-order valence-corrected chi connectivity index (χ1v) is 4.65. The zero-order valence-electron chi connectivity index (χ0n) is 8.50. The van der Waals surface area contributed by atoms with E-state index < -0.39 is 0 Å². The van der Waals surface area contributed by atoms with Crippen LogP contribution in [0.4, 0.5) is 5.82 Å². The fourth-order valence-electron chi connectivity index (χ4n) is 1.26. The summed E-state index contributed by atoms with van der Waals surface area (Å²) in [5.41, 5.74) is 7.56. The van der Waals surface area contributed by atoms with E-state index in [0.717, 1.165) is 5.69 Å². The van der Waals surface area contributed by atoms with Crippen LogP contribution in [0, 0.1) is 0 Å². The summed E-state index contributed by atoms with van der Waals surface area (Å²) in [5.74, 6) is 5.36. The van der Waals surface area contributed by atoms with Crippen LogP contribution in [0.3, 0.4) is 0 Å². The number of aromatic nitrogens is 3. The first kappa shape index (κ1) is 10.5. The summed E-state index contributed by atoms with van der Waals surface area (Å²) in [6, 6.07) is 5.51. The van der Waals surface area contributed by atoms with Crippen molar-refractivity contribution in [3.05, 3.63) is 36.3 Å². The van der Waals surface area contributed by atoms with Gasteiger partial charge in [0.05, 0.1) is 23.8 Å². The normalized spacial score (nSPS) is 10.3. The molecule has 2 rings (SSSR count). The summed E-state index contributed by atoms with van der Waals surface area (Å²) in [6.45, 7) is 0.260. The van der Waals surface area contributed by atoms with Crippen molar-refractivity contribution in [2.75, 3.05) is 5.73 Å². The molecule has 0 aliphatic carbocycles. The van der Waals surface area contributed by atoms with Gasteiger partial charge in [-0.25, -0.2) is 20.8 Å². The van der Waals surface area contributed by atoms with Gasteiger partial charge in [-0.05, 0) is 12.1 Å². The molecule has 6 nitrogen and oxygen atoms in total. The van der Waals surface area contributed by atoms with E-state index in [1.165, 1.54) is 6.20 Å². The maximum absolute atomic E-state index is 5.45. The second kappa shape index (κ2) is 4.65. The van der Waals surface area contributed by atoms with Gasteiger partial charge in [0.25, 0.3) is 0 Å². The fraction of sp³-hybridized carbons (Fsp3) is 0.100. The average Bonchev–Trinajstić information content (AvgIpc) is 2.31. The quantitative estimate of drug-likeness (QED) is 0.726. The lowest BCUT2D eigenvalue weighted by atomic mass is 10.2. The van der Waals surface area contributed by atoms with E-state index in [4.69, 9.17) is 11.6 Å². The maximum atomic E-state index is 5.45. The van der Waals surface area contributed by atoms with E-state index >= 15 is 0 Å². The maximum Gasteiger partial charge on any atom is 0.141 e. The third-order valence-electron chi connectivity index (χ3n) is 1.97. The van der Waals surface area contributed by atoms with Crippen LogP contribution >= 0.6 is 0 Å². The summed E-state index contributed by atoms with van der Waals surface area (Å²) in [5, 5.41) is 0. The minimum Gasteiger partial charge on any atom is -0.382 e. The second-order valence-electron chi connectivity index (χ2n) is 3.15. The Morgan fingerprint density at radius 1 is 1.12 bits per heavy atom. The van der Waals surface area contributed by atoms with Crippen LogP contribution in [-0.4, -0.2) is 15.0 Å². The summed E-state index contributed by atoms with van der Waals surface area (Å²) >= 11 is 0. The van der Waals surface area contributed by atoms with E-state index in [-0.39, 0.29) is 6.61 Å². The molecule has 0 atom stereocenters. The fourth-order valence-corrected chi connectivity index (χ4v) is 1.26. The van der Waals surface area contributed by atoms with Crippen molar-refractivity contribution < 1.29 is 4.84 Å². The number of hydrogen-bond acceptors (Lipinski definition) is 6. The molecule has 0 unspecified atom stereocenters. The molecule has 16 heavy (non-hydrogen) atoms. The first-order valence-electron chi connectivity index (χ1n) is 4.65. The number of nitrogen functional groups attached to an aromatic ring is 1. The van der Waals surface area contributed by atoms with Gasteiger partial charge < -0.3 is 5.73 Å². The third-order valence-corrected chi connectivity index (χ3v) is 1.97. The van der Waals surface area contributed by atoms with Crippen LogP contribution in [0.15, 0.2) is 30.6 Å². The molecule has 0 aliphatic rings. The molecule has 2 aromatic heterocycles. The van der Waals surface area contributed by atoms with Crippen molar-refractivity contribution in [2.45, 2.75) is 6.61 Å². The summed E-state index contributed by atoms with van der Waals surface area (Å²) in [6.07, 6.45) is 3.06. The Labute approximate surface area is 92.3 Å². The van der Waals surface area contributed by atoms with Crippen LogP contribution < -0.4 is 11.6 Å². The van der Waals surface area contributed by atoms with Gasteiger partial charge in [-0.3, -0.25) is 4.84 Å². The Morgan fingerprint density at radius 3 is 2.69 bits per heavy atom. The lowest BCUT2D eigenvalue weighted by Crippen LogP contribution is -2.02. The number of hydrogen-bond donors (Lipinski definition) is 2. The van der Waals surface area contributed by atoms with Crippen molar-refractivity contribution in [1.29, 1.82) is 0 Å². The third kappa shape index (κ3) is 2.30. The summed E-state index contributed by atoms with van der Waals surface area (Å²) in [4.78, 5) is 16.9. The number of nitrogens with zero attached hydrogens (tertiary/aromatic N) is 3. The Hall–Kier alpha value is -2.05. The first-order chi connectivity index (χ1) is 7.79. The highest BCUT2D eigenvalue weighted by Gasteiger charge is 2.02. The minimum absolute atomic E-state index is 0.260. The molecule has 0 aromatic carbocycles. The molecule has 0 fully saturated rings. The summed E-state index contributed by atoms with van der Waals surface area (Å²) < 4.78 is 0. The van der Waals surface area contributed by atoms with Crippen molar-refractivity contribution in [3.8, 4) is 11.4 Å². The van der Waals surface area contributed by atoms with Crippen molar-refractivity contribution >= 4 is 5.82 Å². The topological polar surface area (TPSA) is 99.9 Å². The molecule has 0 bridgehead atoms. The monoisotopic (exact) mass is 217 g/mol. The van der Waals surface area contributed by atoms with Gasteiger partial charge in [0.2, 0.25) is 0 Å². The van der Waals surface area contributed by atoms with Crippen molar-refractivity contribution in [2.24, 2.45) is 5.90 Å². The number of anilines is 1.